The molecule has 3 fully saturated rings. The van der Waals surface area contributed by atoms with Gasteiger partial charge < -0.3 is 10.2 Å². The predicted molar refractivity (Wildman–Crippen MR) is 117 cm³/mol. The Morgan fingerprint density at radius 2 is 2.07 bits per heavy atom. The third-order valence-electron chi connectivity index (χ3n) is 6.23. The summed E-state index contributed by atoms with van der Waals surface area (Å²) in [7, 11) is 1.85. The van der Waals surface area contributed by atoms with Gasteiger partial charge >= 0.3 is 5.13 Å². The Morgan fingerprint density at radius 1 is 1.28 bits per heavy atom. The smallest absolute Gasteiger partial charge is 0.310 e. The molecule has 0 radical (unpaired) electrons. The Labute approximate surface area is 179 Å². The van der Waals surface area contributed by atoms with Crippen molar-refractivity contribution in [1.82, 2.24) is 20.4 Å². The highest BCUT2D eigenvalue weighted by molar-refractivity contribution is 7.14. The molecule has 6 nitrogen and oxygen atoms in total. The zero-order valence-corrected chi connectivity index (χ0v) is 18.6. The second-order valence-electron chi connectivity index (χ2n) is 8.60. The van der Waals surface area contributed by atoms with Crippen molar-refractivity contribution in [3.05, 3.63) is 26.9 Å². The standard InChI is InChI=1S/C21H28N5OS2/c1-13-23-24-21(29-13)25(2)11-19(27)14-9-20(28-12-14)17-10-18(17)22-15-5-7-26(8-6-15)16-3-4-16/h9,11-12,15-18,22H,3-8,10H2,1-2H3/q+1. The minimum atomic E-state index is 0.0282. The molecular formula is C21H28N5OS2+. The van der Waals surface area contributed by atoms with Crippen molar-refractivity contribution < 1.29 is 9.37 Å². The molecule has 154 valence electrons. The molecule has 2 saturated carbocycles. The van der Waals surface area contributed by atoms with Gasteiger partial charge in [-0.25, -0.2) is 4.58 Å². The van der Waals surface area contributed by atoms with Crippen LogP contribution in [0, 0.1) is 6.92 Å². The molecule has 8 heteroatoms. The number of Topliss-reactive ketones (excluding diaryl/α,β-unsaturated/α-hetero) is 1. The molecule has 5 rings (SSSR count). The molecule has 2 atom stereocenters. The van der Waals surface area contributed by atoms with E-state index in [0.717, 1.165) is 21.7 Å². The van der Waals surface area contributed by atoms with Crippen LogP contribution in [0.5, 0.6) is 0 Å². The Morgan fingerprint density at radius 3 is 2.76 bits per heavy atom. The second kappa shape index (κ2) is 7.98. The first-order valence-electron chi connectivity index (χ1n) is 10.6. The molecule has 2 unspecified atom stereocenters. The number of rotatable bonds is 7. The van der Waals surface area contributed by atoms with Crippen LogP contribution >= 0.6 is 22.7 Å². The highest BCUT2D eigenvalue weighted by Crippen LogP contribution is 2.44. The zero-order valence-electron chi connectivity index (χ0n) is 17.0. The van der Waals surface area contributed by atoms with Crippen molar-refractivity contribution in [2.45, 2.75) is 63.1 Å². The topological polar surface area (TPSA) is 61.1 Å². The fourth-order valence-electron chi connectivity index (χ4n) is 4.28. The SMILES string of the molecule is Cc1nnc([N+](C)=CC(=O)c2csc(C3CC3NC3CCN(C4CC4)CC3)c2)s1. The van der Waals surface area contributed by atoms with Crippen LogP contribution in [0.1, 0.15) is 58.3 Å². The molecule has 0 amide bonds. The maximum absolute atomic E-state index is 12.6. The lowest BCUT2D eigenvalue weighted by atomic mass is 10.0. The predicted octanol–water partition coefficient (Wildman–Crippen LogP) is 3.21. The minimum Gasteiger partial charge on any atom is -0.310 e. The summed E-state index contributed by atoms with van der Waals surface area (Å²) < 4.78 is 1.76. The van der Waals surface area contributed by atoms with Crippen molar-refractivity contribution >= 4 is 39.8 Å². The number of ketones is 1. The normalized spacial score (nSPS) is 26.1. The maximum Gasteiger partial charge on any atom is 0.410 e. The van der Waals surface area contributed by atoms with E-state index in [-0.39, 0.29) is 5.78 Å². The van der Waals surface area contributed by atoms with E-state index in [2.05, 4.69) is 26.5 Å². The fourth-order valence-corrected chi connectivity index (χ4v) is 5.98. The van der Waals surface area contributed by atoms with Gasteiger partial charge in [-0.2, -0.15) is 0 Å². The van der Waals surface area contributed by atoms with Gasteiger partial charge in [0.25, 0.3) is 0 Å². The van der Waals surface area contributed by atoms with Gasteiger partial charge in [0.15, 0.2) is 0 Å². The fraction of sp³-hybridized carbons (Fsp3) is 0.619. The van der Waals surface area contributed by atoms with E-state index in [9.17, 15) is 4.79 Å². The van der Waals surface area contributed by atoms with Crippen LogP contribution in [0.3, 0.4) is 0 Å². The van der Waals surface area contributed by atoms with Gasteiger partial charge in [0.1, 0.15) is 11.2 Å². The Hall–Kier alpha value is -1.48. The first-order valence-corrected chi connectivity index (χ1v) is 12.3. The van der Waals surface area contributed by atoms with E-state index in [0.29, 0.717) is 18.0 Å². The Bertz CT molecular complexity index is 923. The summed E-state index contributed by atoms with van der Waals surface area (Å²) in [6.45, 7) is 4.43. The lowest BCUT2D eigenvalue weighted by Crippen LogP contribution is -2.44. The highest BCUT2D eigenvalue weighted by atomic mass is 32.1. The number of thiophene rings is 1. The largest absolute Gasteiger partial charge is 0.410 e. The summed E-state index contributed by atoms with van der Waals surface area (Å²) in [4.78, 5) is 16.6. The van der Waals surface area contributed by atoms with Crippen molar-refractivity contribution in [2.75, 3.05) is 20.1 Å². The summed E-state index contributed by atoms with van der Waals surface area (Å²) in [6.07, 6.45) is 8.19. The molecule has 1 aliphatic heterocycles. The molecule has 2 aliphatic carbocycles. The van der Waals surface area contributed by atoms with E-state index < -0.39 is 0 Å². The summed E-state index contributed by atoms with van der Waals surface area (Å²) in [5.74, 6) is 0.604. The van der Waals surface area contributed by atoms with E-state index >= 15 is 0 Å². The van der Waals surface area contributed by atoms with E-state index in [1.54, 1.807) is 22.1 Å². The van der Waals surface area contributed by atoms with Crippen molar-refractivity contribution in [3.8, 4) is 0 Å². The Kier molecular flexibility index (Phi) is 5.36. The van der Waals surface area contributed by atoms with Gasteiger partial charge in [-0.15, -0.1) is 11.3 Å². The van der Waals surface area contributed by atoms with Gasteiger partial charge in [0.2, 0.25) is 5.78 Å². The van der Waals surface area contributed by atoms with Crippen LogP contribution in [-0.4, -0.2) is 69.9 Å². The van der Waals surface area contributed by atoms with Gasteiger partial charge in [-0.1, -0.05) is 0 Å². The quantitative estimate of drug-likeness (QED) is 0.415. The van der Waals surface area contributed by atoms with Gasteiger partial charge in [0.05, 0.1) is 12.1 Å². The van der Waals surface area contributed by atoms with Gasteiger partial charge in [-0.05, 0) is 74.6 Å². The van der Waals surface area contributed by atoms with Crippen molar-refractivity contribution in [3.63, 3.8) is 0 Å². The molecule has 29 heavy (non-hydrogen) atoms. The maximum atomic E-state index is 12.6. The van der Waals surface area contributed by atoms with Gasteiger partial charge in [0, 0.05) is 39.9 Å². The minimum absolute atomic E-state index is 0.0282. The monoisotopic (exact) mass is 430 g/mol. The molecule has 1 N–H and O–H groups in total. The number of hydrogen-bond acceptors (Lipinski definition) is 7. The molecule has 3 heterocycles. The number of piperidine rings is 1. The lowest BCUT2D eigenvalue weighted by molar-refractivity contribution is -0.398. The molecule has 1 saturated heterocycles. The van der Waals surface area contributed by atoms with Crippen LogP contribution in [-0.2, 0) is 0 Å². The number of hydrogen-bond donors (Lipinski definition) is 1. The summed E-state index contributed by atoms with van der Waals surface area (Å²) >= 11 is 3.21. The molecule has 2 aromatic rings. The number of aromatic nitrogens is 2. The number of nitrogens with one attached hydrogen (secondary N) is 1. The molecule has 0 spiro atoms. The van der Waals surface area contributed by atoms with E-state index in [1.165, 1.54) is 61.4 Å². The first kappa shape index (κ1) is 19.5. The summed E-state index contributed by atoms with van der Waals surface area (Å²) in [6, 6.07) is 4.24. The van der Waals surface area contributed by atoms with Crippen molar-refractivity contribution in [1.29, 1.82) is 0 Å². The van der Waals surface area contributed by atoms with Gasteiger partial charge in [-0.3, -0.25) is 4.79 Å². The third kappa shape index (κ3) is 4.50. The molecule has 0 bridgehead atoms. The number of carbonyl (C=O) groups excluding carboxylic acids is 1. The summed E-state index contributed by atoms with van der Waals surface area (Å²) in [5, 5.41) is 15.6. The average Bonchev–Trinajstić information content (AvgIpc) is 3.61. The summed E-state index contributed by atoms with van der Waals surface area (Å²) in [5.41, 5.74) is 0.779. The second-order valence-corrected chi connectivity index (χ2v) is 10.7. The molecule has 3 aliphatic rings. The number of nitrogens with zero attached hydrogens (tertiary/aromatic N) is 4. The number of aryl methyl sites for hydroxylation is 1. The zero-order chi connectivity index (χ0) is 20.0. The van der Waals surface area contributed by atoms with Crippen LogP contribution in [0.2, 0.25) is 0 Å². The molecular weight excluding hydrogens is 402 g/mol. The van der Waals surface area contributed by atoms with Crippen LogP contribution < -0.4 is 5.32 Å². The van der Waals surface area contributed by atoms with Crippen LogP contribution in [0.4, 0.5) is 5.13 Å². The number of likely N-dealkylation sites (tertiary alicyclic amines) is 1. The highest BCUT2D eigenvalue weighted by Gasteiger charge is 2.41. The Balaban J connectivity index is 1.14. The first-order chi connectivity index (χ1) is 14.1. The lowest BCUT2D eigenvalue weighted by Gasteiger charge is -2.32. The van der Waals surface area contributed by atoms with E-state index in [4.69, 9.17) is 0 Å². The third-order valence-corrected chi connectivity index (χ3v) is 8.22. The molecule has 0 aromatic carbocycles. The number of carbonyl (C=O) groups is 1. The average molecular weight is 431 g/mol. The van der Waals surface area contributed by atoms with E-state index in [1.807, 2.05) is 19.4 Å². The van der Waals surface area contributed by atoms with Crippen LogP contribution in [0.25, 0.3) is 0 Å². The van der Waals surface area contributed by atoms with Crippen LogP contribution in [0.15, 0.2) is 11.4 Å². The van der Waals surface area contributed by atoms with Crippen molar-refractivity contribution in [2.24, 2.45) is 0 Å². The molecule has 2 aromatic heterocycles.